The van der Waals surface area contributed by atoms with E-state index < -0.39 is 22.5 Å². The summed E-state index contributed by atoms with van der Waals surface area (Å²) in [4.78, 5) is 10.1. The van der Waals surface area contributed by atoms with Crippen LogP contribution in [-0.2, 0) is 24.3 Å². The molecule has 0 saturated heterocycles. The number of rotatable bonds is 3. The number of hydrogen-bond donors (Lipinski definition) is 0. The number of ketones is 1. The zero-order chi connectivity index (χ0) is 27.3. The van der Waals surface area contributed by atoms with Gasteiger partial charge in [0.05, 0.1) is 0 Å². The van der Waals surface area contributed by atoms with E-state index in [2.05, 4.69) is 91.0 Å². The molecule has 1 nitrogen and oxygen atoms in total. The number of hydrogen-bond acceptors (Lipinski definition) is 1. The zero-order valence-electron chi connectivity index (χ0n) is 20.4. The molecule has 38 heavy (non-hydrogen) atoms. The first kappa shape index (κ1) is 34.0. The molecule has 0 heterocycles. The number of carbonyl (C=O) groups excluding carboxylic acids is 1. The van der Waals surface area contributed by atoms with E-state index in [9.17, 15) is 30.0 Å². The average Bonchev–Trinajstić information content (AvgIpc) is 3.57. The van der Waals surface area contributed by atoms with Crippen molar-refractivity contribution < 1.29 is 49.5 Å². The van der Waals surface area contributed by atoms with E-state index in [4.69, 9.17) is 0 Å². The Morgan fingerprint density at radius 2 is 0.737 bits per heavy atom. The summed E-state index contributed by atoms with van der Waals surface area (Å²) in [6.07, 6.45) is 14.0. The maximum absolute atomic E-state index is 10.7. The topological polar surface area (TPSA) is 17.1 Å². The molecule has 0 spiro atoms. The van der Waals surface area contributed by atoms with Gasteiger partial charge in [-0.1, -0.05) is 44.3 Å². The Labute approximate surface area is 237 Å². The van der Waals surface area contributed by atoms with Crippen molar-refractivity contribution in [2.45, 2.75) is 32.1 Å². The van der Waals surface area contributed by atoms with Gasteiger partial charge in [0.25, 0.3) is 0 Å². The fourth-order valence-corrected chi connectivity index (χ4v) is 8.26. The van der Waals surface area contributed by atoms with Gasteiger partial charge in [-0.2, -0.15) is 0 Å². The van der Waals surface area contributed by atoms with Crippen molar-refractivity contribution >= 4 is 41.3 Å². The first-order valence-electron chi connectivity index (χ1n) is 11.7. The third kappa shape index (κ3) is 17.5. The first-order valence-corrected chi connectivity index (χ1v) is 16.5. The molecule has 0 aliphatic heterocycles. The standard InChI is InChI=1S/C18H15As.C5H4O.C5H10.F6P.Ru/c1-4-10-16(11-5-1)19(17-12-6-2-7-13-17)18-14-8-3-9-15-18;6-5-3-1-2-4-5;1-2-4-5-3-1;1-7(2,3,4,5)6;/h1-15H;1-4H;1-5H2;;/q;;;-1;+1. The van der Waals surface area contributed by atoms with E-state index in [1.807, 2.05) is 0 Å². The Kier molecular flexibility index (Phi) is 13.4. The Morgan fingerprint density at radius 3 is 0.921 bits per heavy atom. The summed E-state index contributed by atoms with van der Waals surface area (Å²) < 4.78 is 63.6. The van der Waals surface area contributed by atoms with Crippen LogP contribution in [-0.4, -0.2) is 20.4 Å². The third-order valence-electron chi connectivity index (χ3n) is 4.93. The van der Waals surface area contributed by atoms with Crippen LogP contribution >= 0.6 is 7.81 Å². The minimum absolute atomic E-state index is 0. The summed E-state index contributed by atoms with van der Waals surface area (Å²) in [5.41, 5.74) is 0. The zero-order valence-corrected chi connectivity index (χ0v) is 24.9. The Hall–Kier alpha value is -2.00. The van der Waals surface area contributed by atoms with Crippen molar-refractivity contribution in [2.24, 2.45) is 0 Å². The molecule has 0 amide bonds. The number of halogens is 6. The SMILES string of the molecule is C1CCCC1.F[P-](F)(F)(F)(F)F.O=C1C=CC=C1.[Ru+].c1ccc([As](c2ccccc2)c2ccccc2)cc1. The second-order valence-electron chi connectivity index (χ2n) is 8.19. The number of allylic oxidation sites excluding steroid dienone is 4. The summed E-state index contributed by atoms with van der Waals surface area (Å²) in [6.45, 7) is 0. The van der Waals surface area contributed by atoms with E-state index in [-0.39, 0.29) is 25.3 Å². The predicted octanol–water partition coefficient (Wildman–Crippen LogP) is 8.21. The molecule has 207 valence electrons. The Bertz CT molecular complexity index is 1030. The summed E-state index contributed by atoms with van der Waals surface area (Å²) in [6, 6.07) is 32.7. The van der Waals surface area contributed by atoms with Crippen molar-refractivity contribution in [3.05, 3.63) is 115 Å². The van der Waals surface area contributed by atoms with Crippen LogP contribution < -0.4 is 13.1 Å². The number of benzene rings is 3. The molecule has 10 heteroatoms. The summed E-state index contributed by atoms with van der Waals surface area (Å²) in [5.74, 6) is 0.0926. The molecule has 0 unspecified atom stereocenters. The molecule has 0 aromatic heterocycles. The second-order valence-corrected chi connectivity index (χ2v) is 14.8. The molecule has 2 aliphatic rings. The van der Waals surface area contributed by atoms with Gasteiger partial charge in [-0.15, -0.1) is 0 Å². The van der Waals surface area contributed by atoms with Gasteiger partial charge in [-0.25, -0.2) is 0 Å². The average molecular weight is 702 g/mol. The molecule has 1 saturated carbocycles. The van der Waals surface area contributed by atoms with Crippen LogP contribution in [0.4, 0.5) is 25.2 Å². The Balaban J connectivity index is 0.000000311. The molecule has 3 aromatic rings. The van der Waals surface area contributed by atoms with Gasteiger partial charge in [0.1, 0.15) is 0 Å². The predicted molar refractivity (Wildman–Crippen MR) is 144 cm³/mol. The van der Waals surface area contributed by atoms with Crippen molar-refractivity contribution in [3.8, 4) is 0 Å². The van der Waals surface area contributed by atoms with Crippen LogP contribution in [0, 0.1) is 0 Å². The number of carbonyl (C=O) groups is 1. The van der Waals surface area contributed by atoms with Crippen LogP contribution in [0.5, 0.6) is 0 Å². The van der Waals surface area contributed by atoms with E-state index in [1.165, 1.54) is 57.3 Å². The molecule has 0 bridgehead atoms. The fraction of sp³-hybridized carbons (Fsp3) is 0.179. The van der Waals surface area contributed by atoms with Crippen molar-refractivity contribution in [2.75, 3.05) is 0 Å². The minimum atomic E-state index is -10.7. The summed E-state index contributed by atoms with van der Waals surface area (Å²) in [7, 11) is -10.7. The van der Waals surface area contributed by atoms with Gasteiger partial charge in [-0.05, 0) is 12.2 Å². The molecule has 3 aromatic carbocycles. The monoisotopic (exact) mass is 703 g/mol. The van der Waals surface area contributed by atoms with Gasteiger partial charge in [0.2, 0.25) is 0 Å². The van der Waals surface area contributed by atoms with Crippen molar-refractivity contribution in [1.29, 1.82) is 0 Å². The van der Waals surface area contributed by atoms with Crippen molar-refractivity contribution in [1.82, 2.24) is 0 Å². The van der Waals surface area contributed by atoms with E-state index in [0.29, 0.717) is 0 Å². The summed E-state index contributed by atoms with van der Waals surface area (Å²) in [5, 5.41) is 0. The quantitative estimate of drug-likeness (QED) is 0.153. The van der Waals surface area contributed by atoms with Gasteiger partial charge < -0.3 is 0 Å². The second kappa shape index (κ2) is 15.0. The molecular formula is C28H29AsF6OPRu. The van der Waals surface area contributed by atoms with E-state index >= 15 is 0 Å². The first-order chi connectivity index (χ1) is 17.3. The van der Waals surface area contributed by atoms with Crippen LogP contribution in [0.2, 0.25) is 0 Å². The molecule has 0 N–H and O–H groups in total. The molecule has 1 fully saturated rings. The van der Waals surface area contributed by atoms with Crippen LogP contribution in [0.25, 0.3) is 0 Å². The Morgan fingerprint density at radius 1 is 0.500 bits per heavy atom. The van der Waals surface area contributed by atoms with Crippen molar-refractivity contribution in [3.63, 3.8) is 0 Å². The molecule has 2 aliphatic carbocycles. The third-order valence-corrected chi connectivity index (χ3v) is 10.1. The van der Waals surface area contributed by atoms with Crippen LogP contribution in [0.3, 0.4) is 0 Å². The molecule has 1 radical (unpaired) electrons. The molecule has 5 rings (SSSR count). The van der Waals surface area contributed by atoms with Gasteiger partial charge >= 0.3 is 171 Å². The van der Waals surface area contributed by atoms with E-state index in [1.54, 1.807) is 12.2 Å². The normalized spacial score (nSPS) is 15.4. The fourth-order valence-electron chi connectivity index (χ4n) is 3.42. The molecular weight excluding hydrogens is 673 g/mol. The molecule has 0 atom stereocenters. The maximum atomic E-state index is 10.1. The van der Waals surface area contributed by atoms with Crippen LogP contribution in [0.15, 0.2) is 115 Å². The van der Waals surface area contributed by atoms with Gasteiger partial charge in [-0.3, -0.25) is 4.79 Å². The van der Waals surface area contributed by atoms with Crippen LogP contribution in [0.1, 0.15) is 32.1 Å². The van der Waals surface area contributed by atoms with E-state index in [0.717, 1.165) is 0 Å². The van der Waals surface area contributed by atoms with Gasteiger partial charge in [0, 0.05) is 0 Å². The summed E-state index contributed by atoms with van der Waals surface area (Å²) >= 11 is -1.39. The van der Waals surface area contributed by atoms with Gasteiger partial charge in [0.15, 0.2) is 5.78 Å².